The highest BCUT2D eigenvalue weighted by Crippen LogP contribution is 2.61. The van der Waals surface area contributed by atoms with Gasteiger partial charge in [-0.05, 0) is 270 Å². The lowest BCUT2D eigenvalue weighted by molar-refractivity contribution is 0.482. The number of anilines is 6. The van der Waals surface area contributed by atoms with Crippen LogP contribution in [0.2, 0.25) is 0 Å². The largest absolute Gasteiger partial charge is 0.457 e. The summed E-state index contributed by atoms with van der Waals surface area (Å²) in [6.07, 6.45) is 3.64. The van der Waals surface area contributed by atoms with Crippen LogP contribution in [0.3, 0.4) is 0 Å². The molecule has 2 aromatic heterocycles. The van der Waals surface area contributed by atoms with E-state index in [2.05, 4.69) is 243 Å². The number of halogens is 2. The van der Waals surface area contributed by atoms with Gasteiger partial charge in [0.15, 0.2) is 0 Å². The van der Waals surface area contributed by atoms with E-state index >= 15 is 8.78 Å². The van der Waals surface area contributed by atoms with E-state index in [1.807, 2.05) is 133 Å². The van der Waals surface area contributed by atoms with Crippen molar-refractivity contribution in [3.05, 3.63) is 443 Å². The highest BCUT2D eigenvalue weighted by atomic mass is 19.1. The Kier molecular flexibility index (Phi) is 15.3. The zero-order valence-electron chi connectivity index (χ0n) is 61.8. The van der Waals surface area contributed by atoms with Gasteiger partial charge in [0.2, 0.25) is 0 Å². The van der Waals surface area contributed by atoms with E-state index in [-0.39, 0.29) is 11.6 Å². The normalized spacial score (nSPS) is 15.3. The quantitative estimate of drug-likeness (QED) is 0.0961. The van der Waals surface area contributed by atoms with Crippen LogP contribution in [0, 0.1) is 11.6 Å². The van der Waals surface area contributed by atoms with Crippen molar-refractivity contribution < 1.29 is 27.1 Å². The minimum absolute atomic E-state index is 0.311. The average Bonchev–Trinajstić information content (AvgIpc) is 1.55. The molecule has 16 aromatic carbocycles. The molecular formula is C105H70F2N2O4. The first-order valence-corrected chi connectivity index (χ1v) is 38.2. The molecule has 0 N–H and O–H groups in total. The van der Waals surface area contributed by atoms with Crippen molar-refractivity contribution in [3.63, 3.8) is 0 Å². The molecule has 0 aliphatic heterocycles. The summed E-state index contributed by atoms with van der Waals surface area (Å²) in [5.74, 6) is 2.19. The van der Waals surface area contributed by atoms with E-state index in [9.17, 15) is 0 Å². The topological polar surface area (TPSA) is 51.2 Å². The molecule has 2 atom stereocenters. The zero-order chi connectivity index (χ0) is 75.8. The van der Waals surface area contributed by atoms with Crippen LogP contribution in [-0.4, -0.2) is 0 Å². The summed E-state index contributed by atoms with van der Waals surface area (Å²) in [6.45, 7) is 12.6. The minimum atomic E-state index is -0.903. The highest BCUT2D eigenvalue weighted by molar-refractivity contribution is 6.08. The fourth-order valence-corrected chi connectivity index (χ4v) is 18.5. The standard InChI is InChI=1S/C105H70F2N2O4/c1-5-65-23-45-79(46-24-65)110-81-49-31-69(32-50-81)104(67-27-35-71(106)36-28-67)93-19-11-7-15-83(93)87-55-41-77(63-97(87)104)108(73-43-57-101-91(59-73)89-17-9-13-21-99(89)112-101)75-39-53-85-86-54-40-76(62-96(86)103(3,4)95(85)61-75)109(74-44-58-102-92(60-74)90-18-10-14-22-100(90)113-102)78-42-56-88-84-16-8-12-20-94(84)105(98(88)64-78,68-29-37-72(107)38-30-68)70-33-51-82(52-34-70)111-80-47-25-66(6-2)26-48-80/h5-64H,1-2H2,3-4H3. The van der Waals surface area contributed by atoms with Crippen LogP contribution in [0.1, 0.15) is 80.6 Å². The number of hydrogen-bond donors (Lipinski definition) is 0. The molecule has 538 valence electrons. The lowest BCUT2D eigenvalue weighted by Crippen LogP contribution is -2.29. The van der Waals surface area contributed by atoms with Crippen LogP contribution in [-0.2, 0) is 16.2 Å². The van der Waals surface area contributed by atoms with E-state index in [0.29, 0.717) is 23.0 Å². The Morgan fingerprint density at radius 2 is 0.558 bits per heavy atom. The molecule has 8 heteroatoms. The predicted molar refractivity (Wildman–Crippen MR) is 456 cm³/mol. The van der Waals surface area contributed by atoms with Gasteiger partial charge in [-0.2, -0.15) is 0 Å². The van der Waals surface area contributed by atoms with Crippen molar-refractivity contribution >= 4 is 90.2 Å². The van der Waals surface area contributed by atoms with Crippen LogP contribution in [0.4, 0.5) is 42.9 Å². The number of rotatable bonds is 16. The molecule has 3 aliphatic carbocycles. The molecule has 3 aliphatic rings. The molecule has 2 heterocycles. The summed E-state index contributed by atoms with van der Waals surface area (Å²) in [5.41, 5.74) is 25.8. The fraction of sp³-hybridized carbons (Fsp3) is 0.0476. The van der Waals surface area contributed by atoms with Gasteiger partial charge in [0, 0.05) is 61.1 Å². The minimum Gasteiger partial charge on any atom is -0.457 e. The maximum atomic E-state index is 15.5. The lowest BCUT2D eigenvalue weighted by atomic mass is 9.67. The second-order valence-electron chi connectivity index (χ2n) is 30.2. The van der Waals surface area contributed by atoms with Crippen molar-refractivity contribution in [1.82, 2.24) is 0 Å². The van der Waals surface area contributed by atoms with Gasteiger partial charge in [0.1, 0.15) is 57.0 Å². The van der Waals surface area contributed by atoms with Crippen molar-refractivity contribution in [2.24, 2.45) is 0 Å². The van der Waals surface area contributed by atoms with Crippen molar-refractivity contribution in [1.29, 1.82) is 0 Å². The van der Waals surface area contributed by atoms with Gasteiger partial charge in [-0.25, -0.2) is 8.78 Å². The smallest absolute Gasteiger partial charge is 0.135 e. The van der Waals surface area contributed by atoms with Crippen LogP contribution in [0.15, 0.2) is 374 Å². The molecule has 2 unspecified atom stereocenters. The van der Waals surface area contributed by atoms with Gasteiger partial charge in [-0.3, -0.25) is 0 Å². The average molecular weight is 1460 g/mol. The third-order valence-corrected chi connectivity index (χ3v) is 23.8. The first-order chi connectivity index (χ1) is 55.4. The molecular weight excluding hydrogens is 1390 g/mol. The Morgan fingerprint density at radius 1 is 0.274 bits per heavy atom. The third-order valence-electron chi connectivity index (χ3n) is 23.8. The van der Waals surface area contributed by atoms with Crippen molar-refractivity contribution in [2.75, 3.05) is 9.80 Å². The van der Waals surface area contributed by atoms with Crippen LogP contribution in [0.25, 0.3) is 89.4 Å². The Morgan fingerprint density at radius 3 is 0.929 bits per heavy atom. The number of para-hydroxylation sites is 2. The molecule has 0 spiro atoms. The van der Waals surface area contributed by atoms with Crippen molar-refractivity contribution in [3.8, 4) is 56.4 Å². The van der Waals surface area contributed by atoms with Crippen LogP contribution >= 0.6 is 0 Å². The Balaban J connectivity index is 0.719. The number of ether oxygens (including phenoxy) is 2. The van der Waals surface area contributed by atoms with Gasteiger partial charge < -0.3 is 28.1 Å². The molecule has 0 bridgehead atoms. The Bertz CT molecular complexity index is 6480. The molecule has 0 fully saturated rings. The highest BCUT2D eigenvalue weighted by Gasteiger charge is 2.49. The SMILES string of the molecule is C=Cc1ccc(Oc2ccc(C3(c4ccc(F)cc4)c4ccccc4-c4ccc(N(c5ccc6c(c5)C(C)(C)c5cc(N(c7ccc8c(c7)C(c7ccc(F)cc7)(c7ccc(Oc9ccc(C=C)cc9)cc7)c7ccccc7-8)c7ccc8oc9ccccc9c8c7)ccc5-6)c5ccc6oc7ccccc7c6c5)cc43)cc2)cc1. The van der Waals surface area contributed by atoms with Crippen LogP contribution < -0.4 is 19.3 Å². The maximum Gasteiger partial charge on any atom is 0.135 e. The van der Waals surface area contributed by atoms with Gasteiger partial charge in [-0.15, -0.1) is 0 Å². The molecule has 113 heavy (non-hydrogen) atoms. The number of hydrogen-bond acceptors (Lipinski definition) is 6. The number of benzene rings is 16. The molecule has 0 saturated carbocycles. The van der Waals surface area contributed by atoms with E-state index in [4.69, 9.17) is 18.3 Å². The number of furan rings is 2. The predicted octanol–water partition coefficient (Wildman–Crippen LogP) is 28.6. The first-order valence-electron chi connectivity index (χ1n) is 38.2. The summed E-state index contributed by atoms with van der Waals surface area (Å²) in [5, 5.41) is 4.06. The van der Waals surface area contributed by atoms with Crippen molar-refractivity contribution in [2.45, 2.75) is 30.1 Å². The summed E-state index contributed by atoms with van der Waals surface area (Å²) in [6, 6.07) is 121. The summed E-state index contributed by atoms with van der Waals surface area (Å²) < 4.78 is 57.0. The molecule has 6 nitrogen and oxygen atoms in total. The molecule has 21 rings (SSSR count). The zero-order valence-corrected chi connectivity index (χ0v) is 61.8. The Hall–Kier alpha value is -14.3. The number of nitrogens with zero attached hydrogens (tertiary/aromatic N) is 2. The molecule has 0 amide bonds. The summed E-state index contributed by atoms with van der Waals surface area (Å²) in [7, 11) is 0. The first kappa shape index (κ1) is 66.8. The van der Waals surface area contributed by atoms with E-state index in [1.54, 1.807) is 24.3 Å². The van der Waals surface area contributed by atoms with Gasteiger partial charge >= 0.3 is 0 Å². The maximum absolute atomic E-state index is 15.5. The summed E-state index contributed by atoms with van der Waals surface area (Å²) >= 11 is 0. The van der Waals surface area contributed by atoms with E-state index < -0.39 is 16.2 Å². The summed E-state index contributed by atoms with van der Waals surface area (Å²) in [4.78, 5) is 4.78. The second-order valence-corrected chi connectivity index (χ2v) is 30.2. The lowest BCUT2D eigenvalue weighted by Gasteiger charge is -2.35. The van der Waals surface area contributed by atoms with Gasteiger partial charge in [-0.1, -0.05) is 221 Å². The molecule has 18 aromatic rings. The monoisotopic (exact) mass is 1460 g/mol. The van der Waals surface area contributed by atoms with E-state index in [0.717, 1.165) is 167 Å². The molecule has 0 saturated heterocycles. The Labute approximate surface area is 652 Å². The number of fused-ring (bicyclic) bond motifs is 15. The second kappa shape index (κ2) is 25.9. The molecule has 0 radical (unpaired) electrons. The third kappa shape index (κ3) is 10.5. The van der Waals surface area contributed by atoms with Gasteiger partial charge in [0.25, 0.3) is 0 Å². The van der Waals surface area contributed by atoms with Crippen LogP contribution in [0.5, 0.6) is 23.0 Å². The fourth-order valence-electron chi connectivity index (χ4n) is 18.5. The van der Waals surface area contributed by atoms with E-state index in [1.165, 1.54) is 11.1 Å². The van der Waals surface area contributed by atoms with Gasteiger partial charge in [0.05, 0.1) is 10.8 Å².